The third-order valence-corrected chi connectivity index (χ3v) is 1.49. The highest BCUT2D eigenvalue weighted by Crippen LogP contribution is 2.13. The minimum Gasteiger partial charge on any atom is -0.481 e. The molecule has 0 aliphatic heterocycles. The highest BCUT2D eigenvalue weighted by molar-refractivity contribution is 5.67. The first kappa shape index (κ1) is 8.73. The number of halogens is 1. The van der Waals surface area contributed by atoms with Gasteiger partial charge >= 0.3 is 5.97 Å². The van der Waals surface area contributed by atoms with Gasteiger partial charge in [-0.25, -0.2) is 0 Å². The normalized spacial score (nSPS) is 12.8. The van der Waals surface area contributed by atoms with Crippen LogP contribution >= 0.6 is 0 Å². The lowest BCUT2D eigenvalue weighted by atomic mass is 10.1. The van der Waals surface area contributed by atoms with E-state index in [0.717, 1.165) is 0 Å². The number of aliphatic carboxylic acids is 1. The van der Waals surface area contributed by atoms with Gasteiger partial charge in [-0.3, -0.25) is 4.79 Å². The first-order chi connectivity index (χ1) is 5.59. The van der Waals surface area contributed by atoms with Gasteiger partial charge in [0.1, 0.15) is 0 Å². The minimum atomic E-state index is -0.996. The maximum absolute atomic E-state index is 12.4. The summed E-state index contributed by atoms with van der Waals surface area (Å²) < 4.78 is 12.4. The van der Waals surface area contributed by atoms with Crippen LogP contribution in [0.1, 0.15) is 18.0 Å². The van der Waals surface area contributed by atoms with Gasteiger partial charge in [-0.15, -0.1) is 0 Å². The predicted molar refractivity (Wildman–Crippen MR) is 39.9 cm³/mol. The van der Waals surface area contributed by atoms with Crippen molar-refractivity contribution in [1.82, 2.24) is 4.98 Å². The molecule has 0 unspecified atom stereocenters. The summed E-state index contributed by atoms with van der Waals surface area (Å²) in [5.41, 5.74) is 5.91. The van der Waals surface area contributed by atoms with Crippen LogP contribution in [0.15, 0.2) is 12.3 Å². The zero-order valence-corrected chi connectivity index (χ0v) is 6.25. The summed E-state index contributed by atoms with van der Waals surface area (Å²) in [7, 11) is 0. The van der Waals surface area contributed by atoms with Gasteiger partial charge in [-0.05, 0) is 11.6 Å². The van der Waals surface area contributed by atoms with Crippen LogP contribution < -0.4 is 5.73 Å². The number of carboxylic acids is 1. The molecule has 0 spiro atoms. The zero-order valence-electron chi connectivity index (χ0n) is 6.25. The molecule has 0 radical (unpaired) electrons. The summed E-state index contributed by atoms with van der Waals surface area (Å²) in [4.78, 5) is 12.5. The molecule has 4 nitrogen and oxygen atoms in total. The average molecular weight is 172 g/mol. The van der Waals surface area contributed by atoms with Crippen molar-refractivity contribution in [3.05, 3.63) is 23.8 Å². The van der Waals surface area contributed by atoms with E-state index in [1.807, 2.05) is 0 Å². The first-order valence-electron chi connectivity index (χ1n) is 3.41. The molecule has 1 aromatic heterocycles. The van der Waals surface area contributed by atoms with Crippen LogP contribution in [0, 0.1) is 5.95 Å². The van der Waals surface area contributed by atoms with Crippen molar-refractivity contribution >= 4 is 5.97 Å². The fourth-order valence-corrected chi connectivity index (χ4v) is 0.902. The van der Waals surface area contributed by atoms with Crippen LogP contribution in [0.2, 0.25) is 0 Å². The van der Waals surface area contributed by atoms with Crippen molar-refractivity contribution in [2.75, 3.05) is 0 Å². The lowest BCUT2D eigenvalue weighted by Crippen LogP contribution is -2.14. The van der Waals surface area contributed by atoms with E-state index >= 15 is 0 Å². The Balaban J connectivity index is 2.64. The average Bonchev–Trinajstić information content (AvgIpc) is 2.34. The molecule has 0 amide bonds. The fourth-order valence-electron chi connectivity index (χ4n) is 0.902. The van der Waals surface area contributed by atoms with Crippen molar-refractivity contribution in [3.63, 3.8) is 0 Å². The van der Waals surface area contributed by atoms with E-state index in [9.17, 15) is 9.18 Å². The van der Waals surface area contributed by atoms with E-state index in [2.05, 4.69) is 4.98 Å². The van der Waals surface area contributed by atoms with Crippen molar-refractivity contribution in [2.45, 2.75) is 12.5 Å². The molecule has 1 atom stereocenters. The van der Waals surface area contributed by atoms with Gasteiger partial charge in [0.15, 0.2) is 5.95 Å². The van der Waals surface area contributed by atoms with E-state index < -0.39 is 18.0 Å². The highest BCUT2D eigenvalue weighted by Gasteiger charge is 2.11. The smallest absolute Gasteiger partial charge is 0.305 e. The van der Waals surface area contributed by atoms with Gasteiger partial charge in [0.2, 0.25) is 0 Å². The number of aromatic nitrogens is 1. The molecule has 1 rings (SSSR count). The number of carbonyl (C=O) groups is 1. The Morgan fingerprint density at radius 1 is 1.83 bits per heavy atom. The van der Waals surface area contributed by atoms with Crippen molar-refractivity contribution in [3.8, 4) is 0 Å². The number of nitrogens with two attached hydrogens (primary N) is 1. The van der Waals surface area contributed by atoms with Crippen LogP contribution in [0.25, 0.3) is 0 Å². The van der Waals surface area contributed by atoms with Gasteiger partial charge in [-0.2, -0.15) is 4.39 Å². The Morgan fingerprint density at radius 3 is 2.92 bits per heavy atom. The topological polar surface area (TPSA) is 79.1 Å². The number of hydrogen-bond donors (Lipinski definition) is 3. The quantitative estimate of drug-likeness (QED) is 0.625. The monoisotopic (exact) mass is 172 g/mol. The standard InChI is InChI=1S/C7H9FN2O2/c8-6-1-4(3-10-6)5(9)2-7(11)12/h1,3,5,10H,2,9H2,(H,11,12)/t5-/m0/s1. The van der Waals surface area contributed by atoms with E-state index in [4.69, 9.17) is 10.8 Å². The maximum Gasteiger partial charge on any atom is 0.305 e. The summed E-state index contributed by atoms with van der Waals surface area (Å²) in [6, 6.07) is 0.538. The van der Waals surface area contributed by atoms with Crippen molar-refractivity contribution < 1.29 is 14.3 Å². The molecular formula is C7H9FN2O2. The molecule has 0 bridgehead atoms. The molecule has 0 aliphatic rings. The number of nitrogens with one attached hydrogen (secondary N) is 1. The Morgan fingerprint density at radius 2 is 2.50 bits per heavy atom. The SMILES string of the molecule is N[C@@H](CC(=O)O)c1c[nH]c(F)c1. The molecule has 1 heterocycles. The first-order valence-corrected chi connectivity index (χ1v) is 3.41. The summed E-state index contributed by atoms with van der Waals surface area (Å²) in [5.74, 6) is -1.50. The Labute approximate surface area is 68.2 Å². The van der Waals surface area contributed by atoms with Gasteiger partial charge in [0, 0.05) is 12.2 Å². The number of rotatable bonds is 3. The molecule has 5 heteroatoms. The van der Waals surface area contributed by atoms with E-state index in [0.29, 0.717) is 5.56 Å². The van der Waals surface area contributed by atoms with E-state index in [1.54, 1.807) is 0 Å². The molecule has 4 N–H and O–H groups in total. The zero-order chi connectivity index (χ0) is 9.14. The van der Waals surface area contributed by atoms with E-state index in [1.165, 1.54) is 12.3 Å². The van der Waals surface area contributed by atoms with Gasteiger partial charge in [0.05, 0.1) is 6.42 Å². The molecule has 66 valence electrons. The molecular weight excluding hydrogens is 163 g/mol. The predicted octanol–water partition coefficient (Wildman–Crippen LogP) is 0.628. The summed E-state index contributed by atoms with van der Waals surface area (Å²) in [6.07, 6.45) is 1.17. The maximum atomic E-state index is 12.4. The number of carboxylic acid groups (broad SMARTS) is 1. The number of hydrogen-bond acceptors (Lipinski definition) is 2. The third kappa shape index (κ3) is 2.06. The lowest BCUT2D eigenvalue weighted by molar-refractivity contribution is -0.137. The van der Waals surface area contributed by atoms with Crippen molar-refractivity contribution in [1.29, 1.82) is 0 Å². The summed E-state index contributed by atoms with van der Waals surface area (Å²) in [6.45, 7) is 0. The summed E-state index contributed by atoms with van der Waals surface area (Å²) >= 11 is 0. The Kier molecular flexibility index (Phi) is 2.44. The second-order valence-corrected chi connectivity index (χ2v) is 2.49. The Bertz CT molecular complexity index is 285. The van der Waals surface area contributed by atoms with Crippen LogP contribution in [0.3, 0.4) is 0 Å². The third-order valence-electron chi connectivity index (χ3n) is 1.49. The molecule has 0 aliphatic carbocycles. The molecule has 0 fully saturated rings. The molecule has 0 aromatic carbocycles. The largest absolute Gasteiger partial charge is 0.481 e. The molecule has 0 saturated heterocycles. The Hall–Kier alpha value is -1.36. The van der Waals surface area contributed by atoms with E-state index in [-0.39, 0.29) is 6.42 Å². The second-order valence-electron chi connectivity index (χ2n) is 2.49. The van der Waals surface area contributed by atoms with Crippen LogP contribution in [-0.4, -0.2) is 16.1 Å². The second kappa shape index (κ2) is 3.36. The van der Waals surface area contributed by atoms with Crippen LogP contribution in [0.4, 0.5) is 4.39 Å². The summed E-state index contributed by atoms with van der Waals surface area (Å²) in [5, 5.41) is 8.37. The molecule has 1 aromatic rings. The van der Waals surface area contributed by atoms with Crippen LogP contribution in [-0.2, 0) is 4.79 Å². The highest BCUT2D eigenvalue weighted by atomic mass is 19.1. The number of H-pyrrole nitrogens is 1. The lowest BCUT2D eigenvalue weighted by Gasteiger charge is -2.04. The molecule has 12 heavy (non-hydrogen) atoms. The van der Waals surface area contributed by atoms with Crippen molar-refractivity contribution in [2.24, 2.45) is 5.73 Å². The minimum absolute atomic E-state index is 0.197. The van der Waals surface area contributed by atoms with Gasteiger partial charge in [-0.1, -0.05) is 0 Å². The van der Waals surface area contributed by atoms with Crippen LogP contribution in [0.5, 0.6) is 0 Å². The van der Waals surface area contributed by atoms with Gasteiger partial charge in [0.25, 0.3) is 0 Å². The van der Waals surface area contributed by atoms with Gasteiger partial charge < -0.3 is 15.8 Å². The number of aromatic amines is 1. The fraction of sp³-hybridized carbons (Fsp3) is 0.286. The molecule has 0 saturated carbocycles.